The van der Waals surface area contributed by atoms with Crippen molar-refractivity contribution in [3.05, 3.63) is 5.01 Å². The molecule has 1 aromatic heterocycles. The van der Waals surface area contributed by atoms with Crippen LogP contribution in [0.1, 0.15) is 17.8 Å². The van der Waals surface area contributed by atoms with Crippen molar-refractivity contribution in [2.45, 2.75) is 19.8 Å². The van der Waals surface area contributed by atoms with E-state index in [0.29, 0.717) is 13.2 Å². The van der Waals surface area contributed by atoms with E-state index in [1.54, 1.807) is 18.4 Å². The van der Waals surface area contributed by atoms with Gasteiger partial charge in [0.1, 0.15) is 5.01 Å². The number of methoxy groups -OCH3 is 1. The van der Waals surface area contributed by atoms with Gasteiger partial charge >= 0.3 is 0 Å². The molecule has 6 heteroatoms. The number of rotatable bonds is 9. The van der Waals surface area contributed by atoms with Crippen LogP contribution in [0.2, 0.25) is 0 Å². The van der Waals surface area contributed by atoms with E-state index in [9.17, 15) is 0 Å². The molecular formula is C10H19N3O2S. The maximum atomic E-state index is 5.35. The second-order valence-electron chi connectivity index (χ2n) is 3.37. The molecule has 0 aliphatic carbocycles. The Bertz CT molecular complexity index is 281. The average molecular weight is 245 g/mol. The van der Waals surface area contributed by atoms with Crippen LogP contribution >= 0.6 is 11.3 Å². The van der Waals surface area contributed by atoms with Crippen molar-refractivity contribution in [2.24, 2.45) is 0 Å². The molecule has 0 unspecified atom stereocenters. The summed E-state index contributed by atoms with van der Waals surface area (Å²) in [5.74, 6) is 0. The smallest absolute Gasteiger partial charge is 0.205 e. The standard InChI is InChI=1S/C10H19N3O2S/c1-9-12-13-10(16-9)11-5-3-4-6-15-8-7-14-2/h3-8H2,1-2H3,(H,11,13). The Labute approximate surface area is 100 Å². The molecule has 1 heterocycles. The minimum absolute atomic E-state index is 0.669. The molecule has 0 radical (unpaired) electrons. The third-order valence-electron chi connectivity index (χ3n) is 1.95. The quantitative estimate of drug-likeness (QED) is 0.671. The zero-order valence-electron chi connectivity index (χ0n) is 9.86. The van der Waals surface area contributed by atoms with E-state index < -0.39 is 0 Å². The molecule has 0 fully saturated rings. The Morgan fingerprint density at radius 2 is 2.06 bits per heavy atom. The molecule has 0 atom stereocenters. The maximum absolute atomic E-state index is 5.35. The van der Waals surface area contributed by atoms with Crippen molar-refractivity contribution >= 4 is 16.5 Å². The van der Waals surface area contributed by atoms with Gasteiger partial charge in [-0.2, -0.15) is 0 Å². The SMILES string of the molecule is COCCOCCCCNc1nnc(C)s1. The zero-order chi connectivity index (χ0) is 11.6. The Kier molecular flexibility index (Phi) is 7.03. The molecule has 0 saturated carbocycles. The summed E-state index contributed by atoms with van der Waals surface area (Å²) < 4.78 is 10.2. The van der Waals surface area contributed by atoms with Gasteiger partial charge in [-0.15, -0.1) is 10.2 Å². The second-order valence-corrected chi connectivity index (χ2v) is 4.55. The lowest BCUT2D eigenvalue weighted by molar-refractivity contribution is 0.0691. The second kappa shape index (κ2) is 8.43. The first-order chi connectivity index (χ1) is 7.83. The fraction of sp³-hybridized carbons (Fsp3) is 0.800. The molecular weight excluding hydrogens is 226 g/mol. The van der Waals surface area contributed by atoms with Crippen LogP contribution in [0.15, 0.2) is 0 Å². The van der Waals surface area contributed by atoms with Gasteiger partial charge in [0, 0.05) is 20.3 Å². The van der Waals surface area contributed by atoms with Crippen LogP contribution in [0.5, 0.6) is 0 Å². The van der Waals surface area contributed by atoms with Crippen LogP contribution < -0.4 is 5.32 Å². The highest BCUT2D eigenvalue weighted by molar-refractivity contribution is 7.15. The van der Waals surface area contributed by atoms with E-state index in [0.717, 1.165) is 36.1 Å². The lowest BCUT2D eigenvalue weighted by Crippen LogP contribution is -2.06. The molecule has 1 aromatic rings. The Morgan fingerprint density at radius 3 is 2.75 bits per heavy atom. The van der Waals surface area contributed by atoms with Crippen LogP contribution in [-0.4, -0.2) is 43.7 Å². The molecule has 1 N–H and O–H groups in total. The lowest BCUT2D eigenvalue weighted by atomic mass is 10.3. The summed E-state index contributed by atoms with van der Waals surface area (Å²) in [5, 5.41) is 13.0. The van der Waals surface area contributed by atoms with Gasteiger partial charge in [0.15, 0.2) is 0 Å². The minimum atomic E-state index is 0.669. The van der Waals surface area contributed by atoms with Crippen molar-refractivity contribution < 1.29 is 9.47 Å². The largest absolute Gasteiger partial charge is 0.382 e. The highest BCUT2D eigenvalue weighted by Gasteiger charge is 1.97. The molecule has 1 rings (SSSR count). The summed E-state index contributed by atoms with van der Waals surface area (Å²) in [6, 6.07) is 0. The summed E-state index contributed by atoms with van der Waals surface area (Å²) in [7, 11) is 1.68. The summed E-state index contributed by atoms with van der Waals surface area (Å²) in [5.41, 5.74) is 0. The molecule has 0 aliphatic rings. The number of aromatic nitrogens is 2. The van der Waals surface area contributed by atoms with E-state index in [1.807, 2.05) is 6.92 Å². The first-order valence-corrected chi connectivity index (χ1v) is 6.25. The molecule has 5 nitrogen and oxygen atoms in total. The van der Waals surface area contributed by atoms with Gasteiger partial charge < -0.3 is 14.8 Å². The van der Waals surface area contributed by atoms with Gasteiger partial charge in [-0.1, -0.05) is 11.3 Å². The number of ether oxygens (including phenoxy) is 2. The number of hydrogen-bond donors (Lipinski definition) is 1. The van der Waals surface area contributed by atoms with E-state index >= 15 is 0 Å². The molecule has 0 amide bonds. The van der Waals surface area contributed by atoms with Gasteiger partial charge in [-0.05, 0) is 19.8 Å². The summed E-state index contributed by atoms with van der Waals surface area (Å²) >= 11 is 1.58. The molecule has 0 spiro atoms. The minimum Gasteiger partial charge on any atom is -0.382 e. The van der Waals surface area contributed by atoms with Crippen molar-refractivity contribution in [3.63, 3.8) is 0 Å². The summed E-state index contributed by atoms with van der Waals surface area (Å²) in [4.78, 5) is 0. The van der Waals surface area contributed by atoms with Crippen LogP contribution in [-0.2, 0) is 9.47 Å². The number of hydrogen-bond acceptors (Lipinski definition) is 6. The fourth-order valence-electron chi connectivity index (χ4n) is 1.14. The highest BCUT2D eigenvalue weighted by Crippen LogP contribution is 2.13. The number of nitrogens with one attached hydrogen (secondary N) is 1. The van der Waals surface area contributed by atoms with Crippen molar-refractivity contribution in [1.82, 2.24) is 10.2 Å². The van der Waals surface area contributed by atoms with E-state index in [2.05, 4.69) is 15.5 Å². The summed E-state index contributed by atoms with van der Waals surface area (Å²) in [6.07, 6.45) is 2.13. The van der Waals surface area contributed by atoms with E-state index in [1.165, 1.54) is 0 Å². The van der Waals surface area contributed by atoms with Gasteiger partial charge in [0.2, 0.25) is 5.13 Å². The predicted octanol–water partition coefficient (Wildman–Crippen LogP) is 1.70. The highest BCUT2D eigenvalue weighted by atomic mass is 32.1. The summed E-state index contributed by atoms with van der Waals surface area (Å²) in [6.45, 7) is 5.01. The van der Waals surface area contributed by atoms with Gasteiger partial charge in [0.05, 0.1) is 13.2 Å². The third kappa shape index (κ3) is 5.99. The molecule has 92 valence electrons. The van der Waals surface area contributed by atoms with Gasteiger partial charge in [0.25, 0.3) is 0 Å². The Morgan fingerprint density at radius 1 is 1.19 bits per heavy atom. The molecule has 16 heavy (non-hydrogen) atoms. The zero-order valence-corrected chi connectivity index (χ0v) is 10.7. The number of anilines is 1. The van der Waals surface area contributed by atoms with Crippen LogP contribution in [0.25, 0.3) is 0 Å². The number of nitrogens with zero attached hydrogens (tertiary/aromatic N) is 2. The Hall–Kier alpha value is -0.720. The normalized spacial score (nSPS) is 10.6. The predicted molar refractivity (Wildman–Crippen MR) is 65.1 cm³/mol. The van der Waals surface area contributed by atoms with E-state index in [4.69, 9.17) is 9.47 Å². The van der Waals surface area contributed by atoms with Gasteiger partial charge in [-0.3, -0.25) is 0 Å². The molecule has 0 bridgehead atoms. The maximum Gasteiger partial charge on any atom is 0.205 e. The first-order valence-electron chi connectivity index (χ1n) is 5.43. The molecule has 0 aromatic carbocycles. The lowest BCUT2D eigenvalue weighted by Gasteiger charge is -2.03. The topological polar surface area (TPSA) is 56.3 Å². The molecule has 0 aliphatic heterocycles. The number of unbranched alkanes of at least 4 members (excludes halogenated alkanes) is 1. The van der Waals surface area contributed by atoms with Crippen molar-refractivity contribution in [1.29, 1.82) is 0 Å². The van der Waals surface area contributed by atoms with Gasteiger partial charge in [-0.25, -0.2) is 0 Å². The van der Waals surface area contributed by atoms with Crippen LogP contribution in [0.3, 0.4) is 0 Å². The third-order valence-corrected chi connectivity index (χ3v) is 2.75. The van der Waals surface area contributed by atoms with Crippen molar-refractivity contribution in [3.8, 4) is 0 Å². The van der Waals surface area contributed by atoms with Crippen molar-refractivity contribution in [2.75, 3.05) is 38.8 Å². The fourth-order valence-corrected chi connectivity index (χ4v) is 1.75. The van der Waals surface area contributed by atoms with Crippen LogP contribution in [0, 0.1) is 6.92 Å². The monoisotopic (exact) mass is 245 g/mol. The van der Waals surface area contributed by atoms with Crippen LogP contribution in [0.4, 0.5) is 5.13 Å². The first kappa shape index (κ1) is 13.3. The molecule has 0 saturated heterocycles. The Balaban J connectivity index is 1.88. The number of aryl methyl sites for hydroxylation is 1. The van der Waals surface area contributed by atoms with E-state index in [-0.39, 0.29) is 0 Å². The average Bonchev–Trinajstić information content (AvgIpc) is 2.68.